The van der Waals surface area contributed by atoms with E-state index < -0.39 is 29.2 Å². The van der Waals surface area contributed by atoms with Crippen molar-refractivity contribution in [2.24, 2.45) is 0 Å². The molecule has 0 bridgehead atoms. The van der Waals surface area contributed by atoms with Gasteiger partial charge in [0.15, 0.2) is 11.4 Å². The Hall–Kier alpha value is -3.07. The second-order valence-electron chi connectivity index (χ2n) is 9.15. The molecular formula is C23H30ClN3O6. The van der Waals surface area contributed by atoms with Crippen molar-refractivity contribution in [2.75, 3.05) is 6.61 Å². The number of nitrogens with one attached hydrogen (secondary N) is 1. The van der Waals surface area contributed by atoms with Gasteiger partial charge in [-0.1, -0.05) is 17.7 Å². The van der Waals surface area contributed by atoms with Gasteiger partial charge in [0.2, 0.25) is 0 Å². The number of hydrogen-bond acceptors (Lipinski definition) is 7. The fourth-order valence-electron chi connectivity index (χ4n) is 2.79. The number of carbonyl (C=O) groups is 3. The summed E-state index contributed by atoms with van der Waals surface area (Å²) in [6, 6.07) is 6.61. The third-order valence-electron chi connectivity index (χ3n) is 3.91. The largest absolute Gasteiger partial charge is 0.461 e. The summed E-state index contributed by atoms with van der Waals surface area (Å²) in [4.78, 5) is 38.2. The average Bonchev–Trinajstić information content (AvgIpc) is 3.03. The quantitative estimate of drug-likeness (QED) is 0.473. The van der Waals surface area contributed by atoms with Crippen molar-refractivity contribution in [2.45, 2.75) is 66.2 Å². The Bertz CT molecular complexity index is 1030. The van der Waals surface area contributed by atoms with Crippen molar-refractivity contribution in [3.05, 3.63) is 46.2 Å². The van der Waals surface area contributed by atoms with E-state index in [1.807, 2.05) is 0 Å². The zero-order valence-electron chi connectivity index (χ0n) is 19.9. The second-order valence-corrected chi connectivity index (χ2v) is 9.58. The number of ether oxygens (including phenoxy) is 3. The second kappa shape index (κ2) is 10.2. The first-order valence-corrected chi connectivity index (χ1v) is 10.8. The van der Waals surface area contributed by atoms with Crippen LogP contribution in [0.1, 0.15) is 75.0 Å². The summed E-state index contributed by atoms with van der Waals surface area (Å²) in [5.74, 6) is -1.48. The van der Waals surface area contributed by atoms with E-state index in [1.165, 1.54) is 4.68 Å². The predicted molar refractivity (Wildman–Crippen MR) is 123 cm³/mol. The third-order valence-corrected chi connectivity index (χ3v) is 4.14. The zero-order valence-corrected chi connectivity index (χ0v) is 20.7. The summed E-state index contributed by atoms with van der Waals surface area (Å²) in [6.45, 7) is 11.8. The van der Waals surface area contributed by atoms with Gasteiger partial charge in [0.1, 0.15) is 11.2 Å². The maximum atomic E-state index is 13.2. The molecule has 2 aromatic rings. The minimum absolute atomic E-state index is 0.0358. The van der Waals surface area contributed by atoms with Crippen molar-refractivity contribution in [1.82, 2.24) is 15.1 Å². The van der Waals surface area contributed by atoms with Gasteiger partial charge in [-0.2, -0.15) is 5.10 Å². The van der Waals surface area contributed by atoms with Gasteiger partial charge in [0.25, 0.3) is 0 Å². The van der Waals surface area contributed by atoms with Crippen LogP contribution in [-0.4, -0.2) is 45.6 Å². The molecule has 33 heavy (non-hydrogen) atoms. The first-order valence-electron chi connectivity index (χ1n) is 10.5. The number of aromatic nitrogens is 2. The normalized spacial score (nSPS) is 11.6. The SMILES string of the molecule is CCOC(=O)c1nn(-c2cccc(Cl)c2)c(C(=O)OC(C)(C)C)c1CNC(=O)OC(C)(C)C. The molecule has 10 heteroatoms. The number of amides is 1. The lowest BCUT2D eigenvalue weighted by molar-refractivity contribution is 0.00569. The van der Waals surface area contributed by atoms with Crippen LogP contribution in [0.3, 0.4) is 0 Å². The molecule has 0 saturated heterocycles. The highest BCUT2D eigenvalue weighted by atomic mass is 35.5. The molecule has 2 rings (SSSR count). The molecule has 9 nitrogen and oxygen atoms in total. The van der Waals surface area contributed by atoms with Gasteiger partial charge in [-0.3, -0.25) is 0 Å². The molecule has 0 atom stereocenters. The smallest absolute Gasteiger partial charge is 0.407 e. The summed E-state index contributed by atoms with van der Waals surface area (Å²) in [5, 5.41) is 7.31. The van der Waals surface area contributed by atoms with Gasteiger partial charge < -0.3 is 19.5 Å². The number of benzene rings is 1. The molecule has 1 amide bonds. The maximum Gasteiger partial charge on any atom is 0.407 e. The minimum atomic E-state index is -0.819. The minimum Gasteiger partial charge on any atom is -0.461 e. The van der Waals surface area contributed by atoms with Gasteiger partial charge in [-0.25, -0.2) is 19.1 Å². The van der Waals surface area contributed by atoms with E-state index in [9.17, 15) is 14.4 Å². The highest BCUT2D eigenvalue weighted by Gasteiger charge is 2.32. The first-order chi connectivity index (χ1) is 15.2. The third kappa shape index (κ3) is 7.49. The van der Waals surface area contributed by atoms with E-state index in [0.29, 0.717) is 10.7 Å². The lowest BCUT2D eigenvalue weighted by atomic mass is 10.1. The molecule has 0 fully saturated rings. The molecule has 1 aromatic heterocycles. The van der Waals surface area contributed by atoms with Crippen molar-refractivity contribution in [3.8, 4) is 5.69 Å². The Balaban J connectivity index is 2.64. The summed E-state index contributed by atoms with van der Waals surface area (Å²) < 4.78 is 17.2. The van der Waals surface area contributed by atoms with Gasteiger partial charge >= 0.3 is 18.0 Å². The Labute approximate surface area is 198 Å². The van der Waals surface area contributed by atoms with Crippen molar-refractivity contribution >= 4 is 29.6 Å². The van der Waals surface area contributed by atoms with Crippen molar-refractivity contribution in [1.29, 1.82) is 0 Å². The molecule has 0 spiro atoms. The van der Waals surface area contributed by atoms with Gasteiger partial charge in [0.05, 0.1) is 18.8 Å². The Morgan fingerprint density at radius 3 is 2.21 bits per heavy atom. The van der Waals surface area contributed by atoms with Crippen molar-refractivity contribution < 1.29 is 28.6 Å². The van der Waals surface area contributed by atoms with Crippen LogP contribution >= 0.6 is 11.6 Å². The van der Waals surface area contributed by atoms with Crippen LogP contribution in [0.25, 0.3) is 5.69 Å². The Morgan fingerprint density at radius 2 is 1.67 bits per heavy atom. The van der Waals surface area contributed by atoms with E-state index in [2.05, 4.69) is 10.4 Å². The van der Waals surface area contributed by atoms with E-state index in [4.69, 9.17) is 25.8 Å². The van der Waals surface area contributed by atoms with Crippen LogP contribution in [0.15, 0.2) is 24.3 Å². The fraction of sp³-hybridized carbons (Fsp3) is 0.478. The molecular weight excluding hydrogens is 450 g/mol. The topological polar surface area (TPSA) is 109 Å². The van der Waals surface area contributed by atoms with Gasteiger partial charge in [0, 0.05) is 10.6 Å². The van der Waals surface area contributed by atoms with Crippen LogP contribution < -0.4 is 5.32 Å². The van der Waals surface area contributed by atoms with Crippen LogP contribution in [0, 0.1) is 0 Å². The molecule has 1 heterocycles. The number of carbonyl (C=O) groups excluding carboxylic acids is 3. The average molecular weight is 480 g/mol. The van der Waals surface area contributed by atoms with Crippen LogP contribution in [0.5, 0.6) is 0 Å². The number of esters is 2. The van der Waals surface area contributed by atoms with E-state index >= 15 is 0 Å². The molecule has 180 valence electrons. The van der Waals surface area contributed by atoms with Crippen LogP contribution in [0.2, 0.25) is 5.02 Å². The van der Waals surface area contributed by atoms with E-state index in [1.54, 1.807) is 72.7 Å². The highest BCUT2D eigenvalue weighted by Crippen LogP contribution is 2.25. The number of rotatable bonds is 6. The van der Waals surface area contributed by atoms with Crippen LogP contribution in [-0.2, 0) is 20.8 Å². The standard InChI is InChI=1S/C23H30ClN3O6/c1-8-31-19(28)17-16(13-25-21(30)33-23(5,6)7)18(20(29)32-22(2,3)4)27(26-17)15-11-9-10-14(24)12-15/h9-12H,8,13H2,1-7H3,(H,25,30). The van der Waals surface area contributed by atoms with Gasteiger partial charge in [-0.05, 0) is 66.7 Å². The Kier molecular flexibility index (Phi) is 8.13. The van der Waals surface area contributed by atoms with Crippen LogP contribution in [0.4, 0.5) is 4.79 Å². The number of halogens is 1. The highest BCUT2D eigenvalue weighted by molar-refractivity contribution is 6.30. The first kappa shape index (κ1) is 26.2. The molecule has 0 aliphatic carbocycles. The number of nitrogens with zero attached hydrogens (tertiary/aromatic N) is 2. The van der Waals surface area contributed by atoms with Gasteiger partial charge in [-0.15, -0.1) is 0 Å². The zero-order chi connectivity index (χ0) is 25.0. The predicted octanol–water partition coefficient (Wildman–Crippen LogP) is 4.68. The lowest BCUT2D eigenvalue weighted by Gasteiger charge is -2.21. The molecule has 0 unspecified atom stereocenters. The molecule has 0 aliphatic rings. The number of hydrogen-bond donors (Lipinski definition) is 1. The van der Waals surface area contributed by atoms with E-state index in [0.717, 1.165) is 0 Å². The maximum absolute atomic E-state index is 13.2. The lowest BCUT2D eigenvalue weighted by Crippen LogP contribution is -2.33. The molecule has 0 aliphatic heterocycles. The number of alkyl carbamates (subject to hydrolysis) is 1. The monoisotopic (exact) mass is 479 g/mol. The summed E-state index contributed by atoms with van der Waals surface area (Å²) in [5.41, 5.74) is -1.15. The van der Waals surface area contributed by atoms with Crippen molar-refractivity contribution in [3.63, 3.8) is 0 Å². The molecule has 1 aromatic carbocycles. The summed E-state index contributed by atoms with van der Waals surface area (Å²) in [6.07, 6.45) is -0.719. The summed E-state index contributed by atoms with van der Waals surface area (Å²) >= 11 is 6.13. The summed E-state index contributed by atoms with van der Waals surface area (Å²) in [7, 11) is 0. The molecule has 0 saturated carbocycles. The molecule has 0 radical (unpaired) electrons. The molecule has 1 N–H and O–H groups in total. The van der Waals surface area contributed by atoms with E-state index in [-0.39, 0.29) is 30.1 Å². The Morgan fingerprint density at radius 1 is 1.03 bits per heavy atom. The fourth-order valence-corrected chi connectivity index (χ4v) is 2.97.